The van der Waals surface area contributed by atoms with Crippen LogP contribution in [0.5, 0.6) is 0 Å². The molecule has 2 N–H and O–H groups in total. The van der Waals surface area contributed by atoms with Gasteiger partial charge in [0.2, 0.25) is 0 Å². The first kappa shape index (κ1) is 16.0. The second kappa shape index (κ2) is 6.17. The minimum absolute atomic E-state index is 0.134. The smallest absolute Gasteiger partial charge is 0.0213 e. The Morgan fingerprint density at radius 3 is 2.70 bits per heavy atom. The van der Waals surface area contributed by atoms with Crippen LogP contribution in [-0.4, -0.2) is 24.7 Å². The molecule has 0 saturated carbocycles. The number of benzene rings is 1. The molecule has 3 heteroatoms. The average Bonchev–Trinajstić information content (AvgIpc) is 2.36. The zero-order valence-electron chi connectivity index (χ0n) is 13.1. The van der Waals surface area contributed by atoms with E-state index in [-0.39, 0.29) is 11.0 Å². The third-order valence-electron chi connectivity index (χ3n) is 4.29. The molecular formula is C17H27BrN2. The molecule has 0 amide bonds. The molecule has 0 spiro atoms. The van der Waals surface area contributed by atoms with Gasteiger partial charge in [0.15, 0.2) is 0 Å². The van der Waals surface area contributed by atoms with Crippen LogP contribution < -0.4 is 10.6 Å². The molecule has 1 aliphatic rings. The predicted octanol–water partition coefficient (Wildman–Crippen LogP) is 3.85. The van der Waals surface area contributed by atoms with E-state index in [4.69, 9.17) is 0 Å². The largest absolute Gasteiger partial charge is 0.313 e. The highest BCUT2D eigenvalue weighted by molar-refractivity contribution is 9.10. The Kier molecular flexibility index (Phi) is 4.93. The van der Waals surface area contributed by atoms with Crippen molar-refractivity contribution < 1.29 is 0 Å². The van der Waals surface area contributed by atoms with Crippen LogP contribution >= 0.6 is 15.9 Å². The quantitative estimate of drug-likeness (QED) is 0.871. The van der Waals surface area contributed by atoms with Crippen molar-refractivity contribution in [2.45, 2.75) is 57.5 Å². The summed E-state index contributed by atoms with van der Waals surface area (Å²) in [6.07, 6.45) is 2.41. The number of nitrogens with one attached hydrogen (secondary N) is 2. The fourth-order valence-corrected chi connectivity index (χ4v) is 3.88. The number of halogens is 1. The summed E-state index contributed by atoms with van der Waals surface area (Å²) >= 11 is 3.68. The molecule has 1 aliphatic heterocycles. The topological polar surface area (TPSA) is 24.1 Å². The Hall–Kier alpha value is -0.380. The zero-order valence-corrected chi connectivity index (χ0v) is 14.7. The highest BCUT2D eigenvalue weighted by Crippen LogP contribution is 2.30. The first-order chi connectivity index (χ1) is 9.30. The van der Waals surface area contributed by atoms with E-state index in [0.717, 1.165) is 13.1 Å². The van der Waals surface area contributed by atoms with E-state index in [1.807, 2.05) is 0 Å². The van der Waals surface area contributed by atoms with Crippen molar-refractivity contribution in [3.8, 4) is 0 Å². The summed E-state index contributed by atoms with van der Waals surface area (Å²) in [5, 5.41) is 7.36. The molecule has 2 rings (SSSR count). The molecule has 0 radical (unpaired) electrons. The molecule has 0 bridgehead atoms. The summed E-state index contributed by atoms with van der Waals surface area (Å²) in [5.41, 5.74) is 1.77. The fourth-order valence-electron chi connectivity index (χ4n) is 3.05. The Morgan fingerprint density at radius 1 is 1.35 bits per heavy atom. The molecule has 1 heterocycles. The molecule has 20 heavy (non-hydrogen) atoms. The van der Waals surface area contributed by atoms with E-state index in [0.29, 0.717) is 6.04 Å². The second-order valence-electron chi connectivity index (χ2n) is 7.25. The van der Waals surface area contributed by atoms with Crippen LogP contribution in [0, 0.1) is 0 Å². The minimum Gasteiger partial charge on any atom is -0.313 e. The van der Waals surface area contributed by atoms with Gasteiger partial charge in [-0.15, -0.1) is 0 Å². The highest BCUT2D eigenvalue weighted by Gasteiger charge is 2.29. The van der Waals surface area contributed by atoms with Gasteiger partial charge in [-0.2, -0.15) is 0 Å². The van der Waals surface area contributed by atoms with Crippen molar-refractivity contribution in [1.29, 1.82) is 0 Å². The molecule has 2 nitrogen and oxygen atoms in total. The van der Waals surface area contributed by atoms with E-state index in [1.54, 1.807) is 0 Å². The normalized spacial score (nSPS) is 22.8. The van der Waals surface area contributed by atoms with Gasteiger partial charge >= 0.3 is 0 Å². The van der Waals surface area contributed by atoms with Gasteiger partial charge < -0.3 is 10.6 Å². The maximum atomic E-state index is 3.78. The second-order valence-corrected chi connectivity index (χ2v) is 8.10. The maximum absolute atomic E-state index is 3.78. The van der Waals surface area contributed by atoms with E-state index < -0.39 is 0 Å². The molecule has 112 valence electrons. The van der Waals surface area contributed by atoms with E-state index in [9.17, 15) is 0 Å². The molecule has 1 saturated heterocycles. The number of hydrogen-bond acceptors (Lipinski definition) is 2. The molecule has 0 aromatic heterocycles. The Balaban J connectivity index is 1.97. The molecule has 1 aromatic carbocycles. The standard InChI is InChI=1S/C17H27BrN2/c1-16(2,14-7-5-6-8-15(14)18)12-19-13-9-10-20-17(3,4)11-13/h5-8,13,19-20H,9-12H2,1-4H3. The summed E-state index contributed by atoms with van der Waals surface area (Å²) in [6.45, 7) is 11.3. The van der Waals surface area contributed by atoms with Gasteiger partial charge in [0.05, 0.1) is 0 Å². The van der Waals surface area contributed by atoms with Crippen molar-refractivity contribution in [1.82, 2.24) is 10.6 Å². The zero-order chi connectivity index (χ0) is 14.8. The number of hydrogen-bond donors (Lipinski definition) is 2. The van der Waals surface area contributed by atoms with E-state index >= 15 is 0 Å². The number of piperidine rings is 1. The maximum Gasteiger partial charge on any atom is 0.0213 e. The van der Waals surface area contributed by atoms with Gasteiger partial charge in [-0.3, -0.25) is 0 Å². The molecule has 1 fully saturated rings. The van der Waals surface area contributed by atoms with Crippen LogP contribution in [0.4, 0.5) is 0 Å². The van der Waals surface area contributed by atoms with Crippen LogP contribution in [0.15, 0.2) is 28.7 Å². The van der Waals surface area contributed by atoms with Crippen LogP contribution in [0.2, 0.25) is 0 Å². The van der Waals surface area contributed by atoms with Crippen molar-refractivity contribution in [3.63, 3.8) is 0 Å². The van der Waals surface area contributed by atoms with Crippen molar-refractivity contribution in [2.24, 2.45) is 0 Å². The monoisotopic (exact) mass is 338 g/mol. The Labute approximate surface area is 131 Å². The lowest BCUT2D eigenvalue weighted by molar-refractivity contribution is 0.240. The first-order valence-corrected chi connectivity index (χ1v) is 8.33. The van der Waals surface area contributed by atoms with Crippen molar-refractivity contribution in [2.75, 3.05) is 13.1 Å². The van der Waals surface area contributed by atoms with Gasteiger partial charge in [-0.1, -0.05) is 48.0 Å². The minimum atomic E-state index is 0.134. The molecule has 1 aromatic rings. The first-order valence-electron chi connectivity index (χ1n) is 7.54. The van der Waals surface area contributed by atoms with E-state index in [2.05, 4.69) is 78.5 Å². The number of rotatable bonds is 4. The SMILES string of the molecule is CC1(C)CC(NCC(C)(C)c2ccccc2Br)CCN1. The van der Waals surface area contributed by atoms with Gasteiger partial charge in [-0.05, 0) is 44.9 Å². The van der Waals surface area contributed by atoms with E-state index in [1.165, 1.54) is 22.9 Å². The Bertz CT molecular complexity index is 454. The van der Waals surface area contributed by atoms with Gasteiger partial charge in [0.25, 0.3) is 0 Å². The van der Waals surface area contributed by atoms with Gasteiger partial charge in [-0.25, -0.2) is 0 Å². The van der Waals surface area contributed by atoms with Gasteiger partial charge in [0, 0.05) is 28.0 Å². The summed E-state index contributed by atoms with van der Waals surface area (Å²) in [7, 11) is 0. The third kappa shape index (κ3) is 4.06. The molecular weight excluding hydrogens is 312 g/mol. The van der Waals surface area contributed by atoms with Crippen LogP contribution in [-0.2, 0) is 5.41 Å². The fraction of sp³-hybridized carbons (Fsp3) is 0.647. The lowest BCUT2D eigenvalue weighted by Crippen LogP contribution is -2.53. The van der Waals surface area contributed by atoms with Gasteiger partial charge in [0.1, 0.15) is 0 Å². The highest BCUT2D eigenvalue weighted by atomic mass is 79.9. The van der Waals surface area contributed by atoms with Crippen LogP contribution in [0.25, 0.3) is 0 Å². The van der Waals surface area contributed by atoms with Crippen LogP contribution in [0.1, 0.15) is 46.1 Å². The lowest BCUT2D eigenvalue weighted by Gasteiger charge is -2.38. The molecule has 0 aliphatic carbocycles. The summed E-state index contributed by atoms with van der Waals surface area (Å²) in [4.78, 5) is 0. The molecule has 1 unspecified atom stereocenters. The van der Waals surface area contributed by atoms with Crippen LogP contribution in [0.3, 0.4) is 0 Å². The summed E-state index contributed by atoms with van der Waals surface area (Å²) < 4.78 is 1.21. The average molecular weight is 339 g/mol. The lowest BCUT2D eigenvalue weighted by atomic mass is 9.83. The van der Waals surface area contributed by atoms with Crippen molar-refractivity contribution >= 4 is 15.9 Å². The summed E-state index contributed by atoms with van der Waals surface area (Å²) in [5.74, 6) is 0. The molecule has 1 atom stereocenters. The predicted molar refractivity (Wildman–Crippen MR) is 90.3 cm³/mol. The van der Waals surface area contributed by atoms with Crippen molar-refractivity contribution in [3.05, 3.63) is 34.3 Å². The summed E-state index contributed by atoms with van der Waals surface area (Å²) in [6, 6.07) is 9.16. The Morgan fingerprint density at radius 2 is 2.05 bits per heavy atom. The third-order valence-corrected chi connectivity index (χ3v) is 4.98.